The Morgan fingerprint density at radius 3 is 3.05 bits per heavy atom. The largest absolute Gasteiger partial charge is 0.295 e. The Kier molecular flexibility index (Phi) is 5.87. The Morgan fingerprint density at radius 1 is 1.57 bits per heavy atom. The second-order valence-corrected chi connectivity index (χ2v) is 5.88. The van der Waals surface area contributed by atoms with Gasteiger partial charge in [-0.05, 0) is 43.5 Å². The molecular formula is C14H18ClFN4S. The lowest BCUT2D eigenvalue weighted by Crippen LogP contribution is -2.34. The maximum absolute atomic E-state index is 13.7. The van der Waals surface area contributed by atoms with E-state index in [0.29, 0.717) is 28.3 Å². The van der Waals surface area contributed by atoms with Crippen LogP contribution in [0.15, 0.2) is 33.2 Å². The normalized spacial score (nSPS) is 18.4. The van der Waals surface area contributed by atoms with Crippen LogP contribution >= 0.6 is 23.5 Å². The van der Waals surface area contributed by atoms with Crippen LogP contribution in [0.1, 0.15) is 20.3 Å². The molecule has 1 unspecified atom stereocenters. The topological polar surface area (TPSA) is 40.0 Å². The van der Waals surface area contributed by atoms with Crippen molar-refractivity contribution in [2.75, 3.05) is 13.1 Å². The minimum atomic E-state index is -0.316. The van der Waals surface area contributed by atoms with Crippen molar-refractivity contribution in [3.63, 3.8) is 0 Å². The van der Waals surface area contributed by atoms with Crippen molar-refractivity contribution >= 4 is 35.7 Å². The minimum Gasteiger partial charge on any atom is -0.295 e. The van der Waals surface area contributed by atoms with Gasteiger partial charge in [-0.3, -0.25) is 9.71 Å². The number of benzene rings is 1. The third-order valence-electron chi connectivity index (χ3n) is 3.05. The summed E-state index contributed by atoms with van der Waals surface area (Å²) in [5.74, 6) is 0.750. The fraction of sp³-hybridized carbons (Fsp3) is 0.429. The van der Waals surface area contributed by atoms with Gasteiger partial charge < -0.3 is 0 Å². The molecule has 0 bridgehead atoms. The average molecular weight is 329 g/mol. The van der Waals surface area contributed by atoms with E-state index in [4.69, 9.17) is 11.6 Å². The molecule has 1 heterocycles. The Hall–Kier alpha value is -1.27. The zero-order valence-corrected chi connectivity index (χ0v) is 13.6. The lowest BCUT2D eigenvalue weighted by molar-refractivity contribution is 0.431. The van der Waals surface area contributed by atoms with Crippen LogP contribution in [-0.2, 0) is 0 Å². The molecule has 0 fully saturated rings. The molecule has 0 saturated carbocycles. The van der Waals surface area contributed by atoms with Gasteiger partial charge in [0.2, 0.25) is 5.96 Å². The lowest BCUT2D eigenvalue weighted by atomic mass is 10.1. The minimum absolute atomic E-state index is 0.316. The van der Waals surface area contributed by atoms with Gasteiger partial charge in [0, 0.05) is 23.7 Å². The van der Waals surface area contributed by atoms with Gasteiger partial charge in [0.25, 0.3) is 0 Å². The molecule has 4 nitrogen and oxygen atoms in total. The van der Waals surface area contributed by atoms with E-state index in [-0.39, 0.29) is 5.82 Å². The summed E-state index contributed by atoms with van der Waals surface area (Å²) in [4.78, 5) is 4.82. The van der Waals surface area contributed by atoms with Crippen LogP contribution in [0.25, 0.3) is 0 Å². The van der Waals surface area contributed by atoms with Crippen molar-refractivity contribution < 1.29 is 4.39 Å². The van der Waals surface area contributed by atoms with Gasteiger partial charge in [0.1, 0.15) is 5.82 Å². The van der Waals surface area contributed by atoms with Crippen molar-refractivity contribution in [1.29, 1.82) is 0 Å². The molecule has 0 saturated heterocycles. The summed E-state index contributed by atoms with van der Waals surface area (Å²) >= 11 is 7.04. The summed E-state index contributed by atoms with van der Waals surface area (Å²) < 4.78 is 16.8. The zero-order chi connectivity index (χ0) is 15.2. The van der Waals surface area contributed by atoms with E-state index < -0.39 is 0 Å². The number of nitrogens with one attached hydrogen (secondary N) is 1. The van der Waals surface area contributed by atoms with Crippen molar-refractivity contribution in [2.24, 2.45) is 16.0 Å². The van der Waals surface area contributed by atoms with Crippen molar-refractivity contribution in [1.82, 2.24) is 9.73 Å². The lowest BCUT2D eigenvalue weighted by Gasteiger charge is -2.18. The molecule has 0 radical (unpaired) electrons. The first-order valence-corrected chi connectivity index (χ1v) is 8.07. The summed E-state index contributed by atoms with van der Waals surface area (Å²) in [6, 6.07) is 4.46. The first-order chi connectivity index (χ1) is 10.1. The van der Waals surface area contributed by atoms with Crippen LogP contribution in [0.3, 0.4) is 0 Å². The SMILES string of the molecule is CCN=C(NSc1cc(Cl)ccc1F)N1CC(CC)C=N1. The molecule has 21 heavy (non-hydrogen) atoms. The first kappa shape index (κ1) is 16.1. The van der Waals surface area contributed by atoms with Gasteiger partial charge in [-0.2, -0.15) is 5.10 Å². The monoisotopic (exact) mass is 328 g/mol. The molecule has 0 aliphatic carbocycles. The van der Waals surface area contributed by atoms with E-state index in [9.17, 15) is 4.39 Å². The van der Waals surface area contributed by atoms with Gasteiger partial charge in [0.05, 0.1) is 11.4 Å². The quantitative estimate of drug-likeness (QED) is 0.519. The highest BCUT2D eigenvalue weighted by Gasteiger charge is 2.20. The van der Waals surface area contributed by atoms with Crippen LogP contribution in [0.5, 0.6) is 0 Å². The van der Waals surface area contributed by atoms with E-state index >= 15 is 0 Å². The second kappa shape index (κ2) is 7.66. The summed E-state index contributed by atoms with van der Waals surface area (Å²) in [5, 5.41) is 6.65. The number of aliphatic imine (C=N–C) groups is 1. The molecule has 0 spiro atoms. The van der Waals surface area contributed by atoms with E-state index in [1.54, 1.807) is 6.07 Å². The summed E-state index contributed by atoms with van der Waals surface area (Å²) in [7, 11) is 0. The Bertz CT molecular complexity index is 550. The number of hydrogen-bond acceptors (Lipinski definition) is 3. The first-order valence-electron chi connectivity index (χ1n) is 6.88. The zero-order valence-electron chi connectivity index (χ0n) is 12.0. The van der Waals surface area contributed by atoms with Crippen LogP contribution in [0.4, 0.5) is 4.39 Å². The molecule has 7 heteroatoms. The number of hydrazone groups is 1. The highest BCUT2D eigenvalue weighted by Crippen LogP contribution is 2.23. The molecule has 1 aliphatic rings. The number of halogens is 2. The third-order valence-corrected chi connectivity index (χ3v) is 4.10. The molecule has 0 aromatic heterocycles. The van der Waals surface area contributed by atoms with Crippen molar-refractivity contribution in [3.05, 3.63) is 29.0 Å². The number of nitrogens with zero attached hydrogens (tertiary/aromatic N) is 3. The van der Waals surface area contributed by atoms with E-state index in [1.165, 1.54) is 12.1 Å². The molecule has 2 rings (SSSR count). The molecule has 1 aromatic carbocycles. The average Bonchev–Trinajstić information content (AvgIpc) is 2.95. The molecule has 1 aromatic rings. The van der Waals surface area contributed by atoms with Gasteiger partial charge in [-0.1, -0.05) is 18.5 Å². The molecule has 0 amide bonds. The Morgan fingerprint density at radius 2 is 2.38 bits per heavy atom. The molecular weight excluding hydrogens is 311 g/mol. The Balaban J connectivity index is 2.03. The standard InChI is InChI=1S/C14H18ClFN4S/c1-3-10-8-18-20(9-10)14(17-4-2)19-21-13-7-11(15)5-6-12(13)16/h5-8,10H,3-4,9H2,1-2H3,(H,17,19). The summed E-state index contributed by atoms with van der Waals surface area (Å²) in [6.07, 6.45) is 2.97. The van der Waals surface area contributed by atoms with Gasteiger partial charge >= 0.3 is 0 Å². The maximum Gasteiger partial charge on any atom is 0.225 e. The summed E-state index contributed by atoms with van der Waals surface area (Å²) in [5.41, 5.74) is 0. The fourth-order valence-corrected chi connectivity index (χ4v) is 2.80. The number of rotatable bonds is 4. The molecule has 1 atom stereocenters. The fourth-order valence-electron chi connectivity index (χ4n) is 1.84. The molecule has 1 N–H and O–H groups in total. The molecule has 1 aliphatic heterocycles. The van der Waals surface area contributed by atoms with Crippen LogP contribution in [-0.4, -0.2) is 30.3 Å². The van der Waals surface area contributed by atoms with Crippen LogP contribution in [0, 0.1) is 11.7 Å². The maximum atomic E-state index is 13.7. The van der Waals surface area contributed by atoms with Gasteiger partial charge in [-0.15, -0.1) is 0 Å². The van der Waals surface area contributed by atoms with E-state index in [2.05, 4.69) is 21.7 Å². The Labute approximate surface area is 133 Å². The predicted molar refractivity (Wildman–Crippen MR) is 87.4 cm³/mol. The number of guanidine groups is 1. The van der Waals surface area contributed by atoms with Crippen molar-refractivity contribution in [2.45, 2.75) is 25.2 Å². The smallest absolute Gasteiger partial charge is 0.225 e. The third kappa shape index (κ3) is 4.35. The predicted octanol–water partition coefficient (Wildman–Crippen LogP) is 3.78. The molecule has 114 valence electrons. The van der Waals surface area contributed by atoms with Crippen molar-refractivity contribution in [3.8, 4) is 0 Å². The van der Waals surface area contributed by atoms with E-state index in [1.807, 2.05) is 18.1 Å². The van der Waals surface area contributed by atoms with Gasteiger partial charge in [-0.25, -0.2) is 9.40 Å². The van der Waals surface area contributed by atoms with Gasteiger partial charge in [0.15, 0.2) is 0 Å². The van der Waals surface area contributed by atoms with E-state index in [0.717, 1.165) is 24.9 Å². The number of hydrogen-bond donors (Lipinski definition) is 1. The van der Waals surface area contributed by atoms with Crippen LogP contribution in [0.2, 0.25) is 5.02 Å². The van der Waals surface area contributed by atoms with Crippen LogP contribution < -0.4 is 4.72 Å². The highest BCUT2D eigenvalue weighted by molar-refractivity contribution is 7.98. The highest BCUT2D eigenvalue weighted by atomic mass is 35.5. The summed E-state index contributed by atoms with van der Waals surface area (Å²) in [6.45, 7) is 5.49. The second-order valence-electron chi connectivity index (χ2n) is 4.59.